The number of carbonyl (C=O) groups is 1. The summed E-state index contributed by atoms with van der Waals surface area (Å²) in [5, 5.41) is 2.66. The highest BCUT2D eigenvalue weighted by molar-refractivity contribution is 5.98. The first-order valence-corrected chi connectivity index (χ1v) is 6.71. The van der Waals surface area contributed by atoms with Gasteiger partial charge in [-0.1, -0.05) is 12.1 Å². The lowest BCUT2D eigenvalue weighted by Crippen LogP contribution is -2.30. The van der Waals surface area contributed by atoms with Gasteiger partial charge in [0.15, 0.2) is 0 Å². The molecule has 0 bridgehead atoms. The van der Waals surface area contributed by atoms with Crippen molar-refractivity contribution in [2.75, 3.05) is 12.4 Å². The highest BCUT2D eigenvalue weighted by atomic mass is 19.4. The van der Waals surface area contributed by atoms with Gasteiger partial charge in [0.05, 0.1) is 18.4 Å². The predicted molar refractivity (Wildman–Crippen MR) is 76.4 cm³/mol. The summed E-state index contributed by atoms with van der Waals surface area (Å²) in [6.45, 7) is 0. The topological polar surface area (TPSA) is 47.6 Å². The molecule has 23 heavy (non-hydrogen) atoms. The van der Waals surface area contributed by atoms with Crippen LogP contribution in [0.5, 0.6) is 11.5 Å². The van der Waals surface area contributed by atoms with Crippen LogP contribution in [0.25, 0.3) is 0 Å². The molecule has 1 aliphatic heterocycles. The summed E-state index contributed by atoms with van der Waals surface area (Å²) >= 11 is 0. The van der Waals surface area contributed by atoms with E-state index >= 15 is 0 Å². The van der Waals surface area contributed by atoms with Gasteiger partial charge in [0.25, 0.3) is 5.91 Å². The van der Waals surface area contributed by atoms with Crippen molar-refractivity contribution in [1.82, 2.24) is 0 Å². The number of nitrogens with one attached hydrogen (secondary N) is 1. The van der Waals surface area contributed by atoms with Crippen LogP contribution in [-0.4, -0.2) is 13.0 Å². The van der Waals surface area contributed by atoms with Gasteiger partial charge in [0.1, 0.15) is 11.5 Å². The second-order valence-electron chi connectivity index (χ2n) is 4.97. The van der Waals surface area contributed by atoms with Gasteiger partial charge in [0.2, 0.25) is 6.10 Å². The van der Waals surface area contributed by atoms with E-state index in [2.05, 4.69) is 5.32 Å². The molecule has 0 fully saturated rings. The van der Waals surface area contributed by atoms with Crippen molar-refractivity contribution in [2.24, 2.45) is 0 Å². The summed E-state index contributed by atoms with van der Waals surface area (Å²) in [5.41, 5.74) is 0.0251. The quantitative estimate of drug-likeness (QED) is 0.915. The highest BCUT2D eigenvalue weighted by Gasteiger charge is 2.32. The number of ether oxygens (including phenoxy) is 2. The Morgan fingerprint density at radius 1 is 1.13 bits per heavy atom. The van der Waals surface area contributed by atoms with Crippen molar-refractivity contribution in [3.05, 3.63) is 53.6 Å². The van der Waals surface area contributed by atoms with Gasteiger partial charge in [0, 0.05) is 11.6 Å². The predicted octanol–water partition coefficient (Wildman–Crippen LogP) is 3.79. The molecular formula is C16H12F3NO3. The smallest absolute Gasteiger partial charge is 0.416 e. The summed E-state index contributed by atoms with van der Waals surface area (Å²) in [4.78, 5) is 12.1. The Bertz CT molecular complexity index is 741. The molecule has 2 aromatic rings. The van der Waals surface area contributed by atoms with Crippen molar-refractivity contribution in [1.29, 1.82) is 0 Å². The van der Waals surface area contributed by atoms with Crippen LogP contribution in [0.4, 0.5) is 18.9 Å². The minimum Gasteiger partial charge on any atom is -0.497 e. The van der Waals surface area contributed by atoms with Crippen molar-refractivity contribution in [2.45, 2.75) is 12.3 Å². The minimum absolute atomic E-state index is 0.344. The molecule has 0 aliphatic carbocycles. The van der Waals surface area contributed by atoms with Crippen molar-refractivity contribution in [3.63, 3.8) is 0 Å². The Kier molecular flexibility index (Phi) is 3.63. The molecule has 3 rings (SSSR count). The molecule has 0 aromatic heterocycles. The van der Waals surface area contributed by atoms with Crippen molar-refractivity contribution >= 4 is 11.6 Å². The number of anilines is 1. The molecule has 0 saturated carbocycles. The van der Waals surface area contributed by atoms with Gasteiger partial charge in [-0.05, 0) is 24.3 Å². The van der Waals surface area contributed by atoms with Crippen LogP contribution in [0.3, 0.4) is 0 Å². The van der Waals surface area contributed by atoms with Crippen LogP contribution in [-0.2, 0) is 11.0 Å². The second-order valence-corrected chi connectivity index (χ2v) is 4.97. The van der Waals surface area contributed by atoms with Gasteiger partial charge in [-0.25, -0.2) is 0 Å². The van der Waals surface area contributed by atoms with E-state index in [1.807, 2.05) is 0 Å². The Morgan fingerprint density at radius 3 is 2.43 bits per heavy atom. The van der Waals surface area contributed by atoms with E-state index in [1.165, 1.54) is 19.2 Å². The fraction of sp³-hybridized carbons (Fsp3) is 0.188. The number of carbonyl (C=O) groups excluding carboxylic acids is 1. The van der Waals surface area contributed by atoms with E-state index in [0.717, 1.165) is 12.1 Å². The normalized spacial score (nSPS) is 17.0. The van der Waals surface area contributed by atoms with Gasteiger partial charge >= 0.3 is 6.18 Å². The van der Waals surface area contributed by atoms with E-state index in [4.69, 9.17) is 9.47 Å². The summed E-state index contributed by atoms with van der Waals surface area (Å²) in [7, 11) is 1.50. The number of amides is 1. The first-order valence-electron chi connectivity index (χ1n) is 6.71. The third-order valence-corrected chi connectivity index (χ3v) is 3.47. The number of rotatable bonds is 2. The lowest BCUT2D eigenvalue weighted by atomic mass is 10.0. The van der Waals surface area contributed by atoms with Crippen LogP contribution < -0.4 is 14.8 Å². The third kappa shape index (κ3) is 2.94. The van der Waals surface area contributed by atoms with Crippen molar-refractivity contribution < 1.29 is 27.4 Å². The van der Waals surface area contributed by atoms with Gasteiger partial charge < -0.3 is 14.8 Å². The van der Waals surface area contributed by atoms with E-state index in [-0.39, 0.29) is 0 Å². The Morgan fingerprint density at radius 2 is 1.83 bits per heavy atom. The molecule has 2 aromatic carbocycles. The molecule has 0 saturated heterocycles. The number of hydrogen-bond acceptors (Lipinski definition) is 3. The zero-order chi connectivity index (χ0) is 16.6. The molecule has 1 aliphatic rings. The molecule has 120 valence electrons. The van der Waals surface area contributed by atoms with E-state index in [0.29, 0.717) is 22.7 Å². The number of methoxy groups -OCH3 is 1. The van der Waals surface area contributed by atoms with Gasteiger partial charge in [-0.15, -0.1) is 0 Å². The molecule has 1 unspecified atom stereocenters. The van der Waals surface area contributed by atoms with Crippen LogP contribution in [0, 0.1) is 0 Å². The second kappa shape index (κ2) is 5.49. The zero-order valence-electron chi connectivity index (χ0n) is 12.0. The maximum Gasteiger partial charge on any atom is 0.416 e. The van der Waals surface area contributed by atoms with Crippen LogP contribution >= 0.6 is 0 Å². The van der Waals surface area contributed by atoms with Crippen molar-refractivity contribution in [3.8, 4) is 11.5 Å². The maximum absolute atomic E-state index is 12.6. The molecule has 1 amide bonds. The number of benzene rings is 2. The molecule has 0 spiro atoms. The Hall–Kier alpha value is -2.70. The first kappa shape index (κ1) is 15.2. The Balaban J connectivity index is 1.88. The van der Waals surface area contributed by atoms with Gasteiger partial charge in [-0.2, -0.15) is 13.2 Å². The summed E-state index contributed by atoms with van der Waals surface area (Å²) in [6, 6.07) is 9.23. The summed E-state index contributed by atoms with van der Waals surface area (Å²) < 4.78 is 48.4. The molecule has 0 radical (unpaired) electrons. The first-order chi connectivity index (χ1) is 10.9. The van der Waals surface area contributed by atoms with Crippen LogP contribution in [0.15, 0.2) is 42.5 Å². The lowest BCUT2D eigenvalue weighted by molar-refractivity contribution is -0.137. The number of fused-ring (bicyclic) bond motifs is 1. The van der Waals surface area contributed by atoms with E-state index in [1.54, 1.807) is 18.2 Å². The number of alkyl halides is 3. The molecule has 4 nitrogen and oxygen atoms in total. The Labute approximate surface area is 129 Å². The number of hydrogen-bond donors (Lipinski definition) is 1. The standard InChI is InChI=1S/C16H12F3NO3/c1-22-11-6-7-13-12(8-11)20-15(21)14(23-13)9-2-4-10(5-3-9)16(17,18)19/h2-8,14H,1H3,(H,20,21). The molecule has 7 heteroatoms. The van der Waals surface area contributed by atoms with E-state index < -0.39 is 23.8 Å². The molecule has 1 atom stereocenters. The minimum atomic E-state index is -4.42. The van der Waals surface area contributed by atoms with Gasteiger partial charge in [-0.3, -0.25) is 4.79 Å². The monoisotopic (exact) mass is 323 g/mol. The fourth-order valence-electron chi connectivity index (χ4n) is 2.28. The fourth-order valence-corrected chi connectivity index (χ4v) is 2.28. The molecular weight excluding hydrogens is 311 g/mol. The summed E-state index contributed by atoms with van der Waals surface area (Å²) in [5.74, 6) is 0.529. The highest BCUT2D eigenvalue weighted by Crippen LogP contribution is 2.38. The third-order valence-electron chi connectivity index (χ3n) is 3.47. The van der Waals surface area contributed by atoms with Crippen LogP contribution in [0.2, 0.25) is 0 Å². The largest absolute Gasteiger partial charge is 0.497 e. The van der Waals surface area contributed by atoms with E-state index in [9.17, 15) is 18.0 Å². The molecule has 1 heterocycles. The SMILES string of the molecule is COc1ccc2c(c1)NC(=O)C(c1ccc(C(F)(F)F)cc1)O2. The molecule has 1 N–H and O–H groups in total. The lowest BCUT2D eigenvalue weighted by Gasteiger charge is -2.26. The number of halogens is 3. The van der Waals surface area contributed by atoms with Crippen LogP contribution in [0.1, 0.15) is 17.2 Å². The maximum atomic E-state index is 12.6. The average molecular weight is 323 g/mol. The summed E-state index contributed by atoms with van der Waals surface area (Å²) in [6.07, 6.45) is -5.42. The zero-order valence-corrected chi connectivity index (χ0v) is 12.0. The average Bonchev–Trinajstić information content (AvgIpc) is 2.53.